The number of nitrogens with zero attached hydrogens (tertiary/aromatic N) is 3. The van der Waals surface area contributed by atoms with E-state index in [-0.39, 0.29) is 42.0 Å². The molecule has 5 rings (SSSR count). The highest BCUT2D eigenvalue weighted by molar-refractivity contribution is 6.11. The van der Waals surface area contributed by atoms with Crippen molar-refractivity contribution in [2.24, 2.45) is 7.05 Å². The zero-order valence-corrected chi connectivity index (χ0v) is 22.4. The molecule has 0 aliphatic carbocycles. The van der Waals surface area contributed by atoms with Gasteiger partial charge in [-0.2, -0.15) is 0 Å². The molecular formula is C30H33N3O6. The Balaban J connectivity index is 1.50. The highest BCUT2D eigenvalue weighted by atomic mass is 16.7. The molecule has 39 heavy (non-hydrogen) atoms. The number of rotatable bonds is 7. The molecule has 1 aromatic heterocycles. The summed E-state index contributed by atoms with van der Waals surface area (Å²) < 4.78 is 19.1. The summed E-state index contributed by atoms with van der Waals surface area (Å²) in [6.07, 6.45) is 8.30. The van der Waals surface area contributed by atoms with Crippen molar-refractivity contribution < 1.29 is 28.6 Å². The van der Waals surface area contributed by atoms with E-state index >= 15 is 0 Å². The molecule has 2 saturated heterocycles. The normalized spacial score (nSPS) is 19.6. The van der Waals surface area contributed by atoms with Gasteiger partial charge in [0.1, 0.15) is 5.56 Å². The molecule has 0 atom stereocenters. The van der Waals surface area contributed by atoms with Crippen molar-refractivity contribution in [1.82, 2.24) is 14.4 Å². The summed E-state index contributed by atoms with van der Waals surface area (Å²) in [5, 5.41) is 0. The van der Waals surface area contributed by atoms with E-state index in [0.717, 1.165) is 5.57 Å². The van der Waals surface area contributed by atoms with Crippen LogP contribution in [0.25, 0.3) is 5.57 Å². The lowest BCUT2D eigenvalue weighted by Crippen LogP contribution is -2.47. The smallest absolute Gasteiger partial charge is 0.274 e. The fraction of sp³-hybridized carbons (Fsp3) is 0.367. The Labute approximate surface area is 227 Å². The second kappa shape index (κ2) is 11.0. The van der Waals surface area contributed by atoms with Gasteiger partial charge in [0.15, 0.2) is 23.0 Å². The summed E-state index contributed by atoms with van der Waals surface area (Å²) in [5.41, 5.74) is 2.50. The Morgan fingerprint density at radius 2 is 1.79 bits per heavy atom. The van der Waals surface area contributed by atoms with Crippen molar-refractivity contribution in [3.63, 3.8) is 0 Å². The van der Waals surface area contributed by atoms with Crippen molar-refractivity contribution in [2.45, 2.75) is 18.6 Å². The van der Waals surface area contributed by atoms with E-state index in [1.165, 1.54) is 12.0 Å². The third-order valence-electron chi connectivity index (χ3n) is 7.52. The molecule has 3 aliphatic rings. The van der Waals surface area contributed by atoms with Gasteiger partial charge < -0.3 is 28.6 Å². The first kappa shape index (κ1) is 26.6. The molecule has 9 heteroatoms. The lowest BCUT2D eigenvalue weighted by molar-refractivity contribution is -0.181. The van der Waals surface area contributed by atoms with Gasteiger partial charge >= 0.3 is 0 Å². The lowest BCUT2D eigenvalue weighted by Gasteiger charge is -2.37. The van der Waals surface area contributed by atoms with Crippen LogP contribution in [0.1, 0.15) is 49.7 Å². The molecule has 204 valence electrons. The standard InChI is InChI=1S/C30H33N3O6/c1-4-5-7-12-22-19-33(20-23(34)21-10-8-6-9-11-21)28(35)24-25(22)31(2)26(27(24)37-3)29(36)32-15-13-30(14-16-32)38-17-18-39-30/h4-12H,1,13-20H2,2-3H3/b7-5-,22-12+. The predicted octanol–water partition coefficient (Wildman–Crippen LogP) is 3.48. The number of carbonyl (C=O) groups is 3. The Kier molecular flexibility index (Phi) is 7.54. The summed E-state index contributed by atoms with van der Waals surface area (Å²) in [7, 11) is 3.23. The third-order valence-corrected chi connectivity index (χ3v) is 7.52. The SMILES string of the molecule is C=C/C=C\C=C1/CN(CC(=O)c2ccccc2)C(=O)c2c(OC)c(C(=O)N3CCC4(CC3)OCCO4)n(C)c21. The predicted molar refractivity (Wildman–Crippen MR) is 146 cm³/mol. The van der Waals surface area contributed by atoms with Crippen LogP contribution in [0.5, 0.6) is 5.75 Å². The van der Waals surface area contributed by atoms with Gasteiger partial charge in [-0.15, -0.1) is 0 Å². The van der Waals surface area contributed by atoms with E-state index in [4.69, 9.17) is 14.2 Å². The topological polar surface area (TPSA) is 90.3 Å². The molecule has 0 N–H and O–H groups in total. The molecule has 1 spiro atoms. The van der Waals surface area contributed by atoms with Crippen LogP contribution in [0.4, 0.5) is 0 Å². The number of ether oxygens (including phenoxy) is 3. The maximum absolute atomic E-state index is 13.9. The summed E-state index contributed by atoms with van der Waals surface area (Å²) in [6, 6.07) is 8.89. The average Bonchev–Trinajstić information content (AvgIpc) is 3.53. The minimum atomic E-state index is -0.608. The van der Waals surface area contributed by atoms with E-state index < -0.39 is 5.79 Å². The van der Waals surface area contributed by atoms with Crippen LogP contribution in [0, 0.1) is 0 Å². The van der Waals surface area contributed by atoms with Gasteiger partial charge in [-0.3, -0.25) is 14.4 Å². The van der Waals surface area contributed by atoms with Crippen LogP contribution in [-0.4, -0.2) is 84.3 Å². The molecule has 1 aromatic carbocycles. The zero-order chi connectivity index (χ0) is 27.6. The number of Topliss-reactive ketones (excluding diaryl/α,β-unsaturated/α-hetero) is 1. The average molecular weight is 532 g/mol. The summed E-state index contributed by atoms with van der Waals surface area (Å²) in [5.74, 6) is -1.14. The molecule has 4 heterocycles. The highest BCUT2D eigenvalue weighted by Crippen LogP contribution is 2.40. The maximum atomic E-state index is 13.9. The molecule has 2 aromatic rings. The summed E-state index contributed by atoms with van der Waals surface area (Å²) >= 11 is 0. The molecule has 0 saturated carbocycles. The Bertz CT molecular complexity index is 1340. The molecule has 0 unspecified atom stereocenters. The quantitative estimate of drug-likeness (QED) is 0.402. The van der Waals surface area contributed by atoms with Gasteiger partial charge in [0.25, 0.3) is 11.8 Å². The zero-order valence-electron chi connectivity index (χ0n) is 22.4. The highest BCUT2D eigenvalue weighted by Gasteiger charge is 2.43. The number of fused-ring (bicyclic) bond motifs is 1. The number of piperidine rings is 1. The second-order valence-electron chi connectivity index (χ2n) is 9.83. The monoisotopic (exact) mass is 531 g/mol. The lowest BCUT2D eigenvalue weighted by atomic mass is 9.99. The molecule has 0 bridgehead atoms. The maximum Gasteiger partial charge on any atom is 0.274 e. The van der Waals surface area contributed by atoms with Gasteiger partial charge in [-0.1, -0.05) is 61.2 Å². The number of methoxy groups -OCH3 is 1. The number of amides is 2. The second-order valence-corrected chi connectivity index (χ2v) is 9.83. The number of aromatic nitrogens is 1. The molecule has 2 amide bonds. The first-order valence-electron chi connectivity index (χ1n) is 13.1. The fourth-order valence-corrected chi connectivity index (χ4v) is 5.57. The number of carbonyl (C=O) groups excluding carboxylic acids is 3. The van der Waals surface area contributed by atoms with Crippen molar-refractivity contribution in [2.75, 3.05) is 46.5 Å². The van der Waals surface area contributed by atoms with Gasteiger partial charge in [0.2, 0.25) is 0 Å². The largest absolute Gasteiger partial charge is 0.493 e. The van der Waals surface area contributed by atoms with E-state index in [2.05, 4.69) is 6.58 Å². The van der Waals surface area contributed by atoms with Crippen LogP contribution in [0.3, 0.4) is 0 Å². The van der Waals surface area contributed by atoms with Gasteiger partial charge in [0, 0.05) is 45.1 Å². The van der Waals surface area contributed by atoms with Crippen molar-refractivity contribution >= 4 is 23.2 Å². The Morgan fingerprint density at radius 1 is 1.10 bits per heavy atom. The van der Waals surface area contributed by atoms with Crippen molar-refractivity contribution in [3.8, 4) is 5.75 Å². The molecule has 0 radical (unpaired) electrons. The third kappa shape index (κ3) is 4.95. The van der Waals surface area contributed by atoms with E-state index in [1.807, 2.05) is 18.2 Å². The Hall–Kier alpha value is -3.95. The number of hydrogen-bond acceptors (Lipinski definition) is 6. The first-order valence-corrected chi connectivity index (χ1v) is 13.1. The first-order chi connectivity index (χ1) is 18.9. The number of benzene rings is 1. The molecular weight excluding hydrogens is 498 g/mol. The number of ketones is 1. The minimum absolute atomic E-state index is 0.0969. The van der Waals surface area contributed by atoms with Crippen LogP contribution in [0.15, 0.2) is 61.2 Å². The van der Waals surface area contributed by atoms with Crippen molar-refractivity contribution in [1.29, 1.82) is 0 Å². The van der Waals surface area contributed by atoms with Gasteiger partial charge in [-0.25, -0.2) is 0 Å². The van der Waals surface area contributed by atoms with Crippen LogP contribution in [-0.2, 0) is 16.5 Å². The molecule has 3 aliphatic heterocycles. The Morgan fingerprint density at radius 3 is 2.44 bits per heavy atom. The summed E-state index contributed by atoms with van der Waals surface area (Å²) in [6.45, 7) is 5.89. The van der Waals surface area contributed by atoms with Gasteiger partial charge in [-0.05, 0) is 5.57 Å². The molecule has 2 fully saturated rings. The van der Waals surface area contributed by atoms with Crippen LogP contribution in [0.2, 0.25) is 0 Å². The number of hydrogen-bond donors (Lipinski definition) is 0. The van der Waals surface area contributed by atoms with E-state index in [0.29, 0.717) is 56.1 Å². The number of allylic oxidation sites excluding steroid dienone is 4. The van der Waals surface area contributed by atoms with E-state index in [1.54, 1.807) is 52.9 Å². The van der Waals surface area contributed by atoms with Gasteiger partial charge in [0.05, 0.1) is 32.6 Å². The molecule has 9 nitrogen and oxygen atoms in total. The van der Waals surface area contributed by atoms with Crippen LogP contribution < -0.4 is 4.74 Å². The van der Waals surface area contributed by atoms with Crippen LogP contribution >= 0.6 is 0 Å². The minimum Gasteiger partial charge on any atom is -0.493 e. The number of likely N-dealkylation sites (tertiary alicyclic amines) is 1. The van der Waals surface area contributed by atoms with E-state index in [9.17, 15) is 14.4 Å². The summed E-state index contributed by atoms with van der Waals surface area (Å²) in [4.78, 5) is 44.0. The van der Waals surface area contributed by atoms with Crippen molar-refractivity contribution in [3.05, 3.63) is 83.7 Å². The fourth-order valence-electron chi connectivity index (χ4n) is 5.57.